The number of rotatable bonds is 7. The van der Waals surface area contributed by atoms with Crippen molar-refractivity contribution < 1.29 is 23.1 Å². The second-order valence-corrected chi connectivity index (χ2v) is 8.66. The normalized spacial score (nSPS) is 16.0. The SMILES string of the molecule is CC(OCc1ccccc1)C(=O)Nc1cc(S(=O)(=O)N2CCCC2)ccc1O. The number of hydrogen-bond donors (Lipinski definition) is 2. The monoisotopic (exact) mass is 404 g/mol. The zero-order valence-corrected chi connectivity index (χ0v) is 16.5. The predicted octanol–water partition coefficient (Wildman–Crippen LogP) is 2.72. The molecule has 1 atom stereocenters. The molecule has 1 heterocycles. The van der Waals surface area contributed by atoms with Gasteiger partial charge in [0.25, 0.3) is 5.91 Å². The van der Waals surface area contributed by atoms with Crippen molar-refractivity contribution in [1.82, 2.24) is 4.31 Å². The van der Waals surface area contributed by atoms with E-state index in [1.165, 1.54) is 22.5 Å². The number of hydrogen-bond acceptors (Lipinski definition) is 5. The fourth-order valence-electron chi connectivity index (χ4n) is 2.96. The van der Waals surface area contributed by atoms with E-state index in [-0.39, 0.29) is 22.9 Å². The molecule has 1 aliphatic heterocycles. The minimum absolute atomic E-state index is 0.0420. The second kappa shape index (κ2) is 8.72. The Bertz CT molecular complexity index is 925. The molecule has 28 heavy (non-hydrogen) atoms. The molecule has 7 nitrogen and oxygen atoms in total. The van der Waals surface area contributed by atoms with Crippen LogP contribution in [0.5, 0.6) is 5.75 Å². The number of nitrogens with zero attached hydrogens (tertiary/aromatic N) is 1. The van der Waals surface area contributed by atoms with Crippen molar-refractivity contribution in [2.75, 3.05) is 18.4 Å². The fraction of sp³-hybridized carbons (Fsp3) is 0.350. The molecule has 1 saturated heterocycles. The summed E-state index contributed by atoms with van der Waals surface area (Å²) >= 11 is 0. The van der Waals surface area contributed by atoms with Crippen LogP contribution in [0.3, 0.4) is 0 Å². The van der Waals surface area contributed by atoms with Gasteiger partial charge in [-0.3, -0.25) is 4.79 Å². The van der Waals surface area contributed by atoms with Crippen molar-refractivity contribution in [2.24, 2.45) is 0 Å². The Kier molecular flexibility index (Phi) is 6.33. The maximum Gasteiger partial charge on any atom is 0.253 e. The molecule has 2 aromatic carbocycles. The number of carbonyl (C=O) groups excluding carboxylic acids is 1. The lowest BCUT2D eigenvalue weighted by molar-refractivity contribution is -0.127. The highest BCUT2D eigenvalue weighted by Gasteiger charge is 2.28. The van der Waals surface area contributed by atoms with Crippen molar-refractivity contribution in [2.45, 2.75) is 37.4 Å². The second-order valence-electron chi connectivity index (χ2n) is 6.72. The van der Waals surface area contributed by atoms with Gasteiger partial charge < -0.3 is 15.2 Å². The molecule has 0 bridgehead atoms. The highest BCUT2D eigenvalue weighted by molar-refractivity contribution is 7.89. The molecule has 0 aromatic heterocycles. The highest BCUT2D eigenvalue weighted by atomic mass is 32.2. The molecule has 0 aliphatic carbocycles. The molecule has 1 unspecified atom stereocenters. The average Bonchev–Trinajstić information content (AvgIpc) is 3.24. The largest absolute Gasteiger partial charge is 0.506 e. The van der Waals surface area contributed by atoms with Gasteiger partial charge in [-0.2, -0.15) is 4.31 Å². The number of carbonyl (C=O) groups is 1. The summed E-state index contributed by atoms with van der Waals surface area (Å²) in [6, 6.07) is 13.3. The van der Waals surface area contributed by atoms with Gasteiger partial charge in [-0.05, 0) is 43.5 Å². The highest BCUT2D eigenvalue weighted by Crippen LogP contribution is 2.29. The lowest BCUT2D eigenvalue weighted by Gasteiger charge is -2.18. The predicted molar refractivity (Wildman–Crippen MR) is 105 cm³/mol. The van der Waals surface area contributed by atoms with E-state index in [4.69, 9.17) is 4.74 Å². The van der Waals surface area contributed by atoms with Crippen molar-refractivity contribution in [3.63, 3.8) is 0 Å². The van der Waals surface area contributed by atoms with Crippen molar-refractivity contribution >= 4 is 21.6 Å². The zero-order chi connectivity index (χ0) is 20.1. The Labute approximate surface area is 165 Å². The summed E-state index contributed by atoms with van der Waals surface area (Å²) < 4.78 is 32.3. The molecule has 150 valence electrons. The zero-order valence-electron chi connectivity index (χ0n) is 15.7. The van der Waals surface area contributed by atoms with Crippen molar-refractivity contribution in [1.29, 1.82) is 0 Å². The van der Waals surface area contributed by atoms with Gasteiger partial charge in [-0.1, -0.05) is 30.3 Å². The molecule has 1 fully saturated rings. The third-order valence-electron chi connectivity index (χ3n) is 4.64. The topological polar surface area (TPSA) is 95.9 Å². The van der Waals surface area contributed by atoms with E-state index in [1.807, 2.05) is 30.3 Å². The van der Waals surface area contributed by atoms with Crippen LogP contribution < -0.4 is 5.32 Å². The number of sulfonamides is 1. The Morgan fingerprint density at radius 1 is 1.18 bits per heavy atom. The summed E-state index contributed by atoms with van der Waals surface area (Å²) in [6.07, 6.45) is 0.882. The molecule has 8 heteroatoms. The first-order chi connectivity index (χ1) is 13.4. The average molecular weight is 404 g/mol. The van der Waals surface area contributed by atoms with Gasteiger partial charge >= 0.3 is 0 Å². The first kappa shape index (κ1) is 20.3. The van der Waals surface area contributed by atoms with E-state index >= 15 is 0 Å². The van der Waals surface area contributed by atoms with Gasteiger partial charge in [0.15, 0.2) is 0 Å². The molecule has 0 spiro atoms. The van der Waals surface area contributed by atoms with Crippen LogP contribution in [0.15, 0.2) is 53.4 Å². The number of phenolic OH excluding ortho intramolecular Hbond substituents is 1. The summed E-state index contributed by atoms with van der Waals surface area (Å²) in [5.74, 6) is -0.675. The Hall–Kier alpha value is -2.42. The first-order valence-electron chi connectivity index (χ1n) is 9.17. The summed E-state index contributed by atoms with van der Waals surface area (Å²) in [4.78, 5) is 12.4. The van der Waals surface area contributed by atoms with E-state index < -0.39 is 22.0 Å². The van der Waals surface area contributed by atoms with Crippen LogP contribution in [0.4, 0.5) is 5.69 Å². The summed E-state index contributed by atoms with van der Waals surface area (Å²) in [5.41, 5.74) is 0.976. The Morgan fingerprint density at radius 2 is 1.86 bits per heavy atom. The van der Waals surface area contributed by atoms with Crippen LogP contribution in [-0.2, 0) is 26.2 Å². The lowest BCUT2D eigenvalue weighted by Crippen LogP contribution is -2.29. The number of aromatic hydroxyl groups is 1. The molecular formula is C20H24N2O5S. The lowest BCUT2D eigenvalue weighted by atomic mass is 10.2. The van der Waals surface area contributed by atoms with E-state index in [0.29, 0.717) is 13.1 Å². The Balaban J connectivity index is 1.68. The first-order valence-corrected chi connectivity index (χ1v) is 10.6. The van der Waals surface area contributed by atoms with Crippen LogP contribution in [0.2, 0.25) is 0 Å². The number of amides is 1. The van der Waals surface area contributed by atoms with Gasteiger partial charge in [0, 0.05) is 13.1 Å². The molecular weight excluding hydrogens is 380 g/mol. The van der Waals surface area contributed by atoms with Crippen LogP contribution in [0.25, 0.3) is 0 Å². The molecule has 2 N–H and O–H groups in total. The number of ether oxygens (including phenoxy) is 1. The van der Waals surface area contributed by atoms with E-state index in [1.54, 1.807) is 6.92 Å². The quantitative estimate of drug-likeness (QED) is 0.692. The fourth-order valence-corrected chi connectivity index (χ4v) is 4.50. The minimum Gasteiger partial charge on any atom is -0.506 e. The van der Waals surface area contributed by atoms with Crippen LogP contribution >= 0.6 is 0 Å². The maximum absolute atomic E-state index is 12.7. The standard InChI is InChI=1S/C20H24N2O5S/c1-15(27-14-16-7-3-2-4-8-16)20(24)21-18-13-17(9-10-19(18)23)28(25,26)22-11-5-6-12-22/h2-4,7-10,13,15,23H,5-6,11-12,14H2,1H3,(H,21,24). The van der Waals surface area contributed by atoms with Crippen molar-refractivity contribution in [3.05, 3.63) is 54.1 Å². The number of anilines is 1. The van der Waals surface area contributed by atoms with Gasteiger partial charge in [-0.15, -0.1) is 0 Å². The Morgan fingerprint density at radius 3 is 2.54 bits per heavy atom. The van der Waals surface area contributed by atoms with Gasteiger partial charge in [0.2, 0.25) is 10.0 Å². The number of benzene rings is 2. The van der Waals surface area contributed by atoms with E-state index in [9.17, 15) is 18.3 Å². The van der Waals surface area contributed by atoms with Gasteiger partial charge in [0.05, 0.1) is 17.2 Å². The van der Waals surface area contributed by atoms with Crippen LogP contribution in [0.1, 0.15) is 25.3 Å². The summed E-state index contributed by atoms with van der Waals surface area (Å²) in [5, 5.41) is 12.6. The molecule has 2 aromatic rings. The molecule has 0 saturated carbocycles. The van der Waals surface area contributed by atoms with Crippen LogP contribution in [-0.4, -0.2) is 42.9 Å². The molecule has 0 radical (unpaired) electrons. The third-order valence-corrected chi connectivity index (χ3v) is 6.54. The number of nitrogens with one attached hydrogen (secondary N) is 1. The minimum atomic E-state index is -3.64. The molecule has 1 amide bonds. The summed E-state index contributed by atoms with van der Waals surface area (Å²) in [6.45, 7) is 2.83. The summed E-state index contributed by atoms with van der Waals surface area (Å²) in [7, 11) is -3.64. The maximum atomic E-state index is 12.7. The van der Waals surface area contributed by atoms with Gasteiger partial charge in [-0.25, -0.2) is 8.42 Å². The van der Waals surface area contributed by atoms with Gasteiger partial charge in [0.1, 0.15) is 11.9 Å². The van der Waals surface area contributed by atoms with Crippen molar-refractivity contribution in [3.8, 4) is 5.75 Å². The number of phenols is 1. The van der Waals surface area contributed by atoms with Crippen LogP contribution in [0, 0.1) is 0 Å². The van der Waals surface area contributed by atoms with E-state index in [0.717, 1.165) is 18.4 Å². The molecule has 1 aliphatic rings. The van der Waals surface area contributed by atoms with E-state index in [2.05, 4.69) is 5.32 Å². The third kappa shape index (κ3) is 4.70. The molecule has 3 rings (SSSR count). The smallest absolute Gasteiger partial charge is 0.253 e.